The van der Waals surface area contributed by atoms with Gasteiger partial charge in [-0.25, -0.2) is 0 Å². The highest BCUT2D eigenvalue weighted by Gasteiger charge is 2.30. The Morgan fingerprint density at radius 1 is 1.19 bits per heavy atom. The number of pyridine rings is 1. The van der Waals surface area contributed by atoms with Crippen LogP contribution in [0.1, 0.15) is 36.2 Å². The summed E-state index contributed by atoms with van der Waals surface area (Å²) >= 11 is 0. The Kier molecular flexibility index (Phi) is 10.7. The van der Waals surface area contributed by atoms with Gasteiger partial charge >= 0.3 is 0 Å². The number of rotatable bonds is 13. The Labute approximate surface area is 254 Å². The van der Waals surface area contributed by atoms with Crippen LogP contribution < -0.4 is 32.6 Å². The van der Waals surface area contributed by atoms with E-state index in [1.54, 1.807) is 7.11 Å². The summed E-state index contributed by atoms with van der Waals surface area (Å²) in [5, 5.41) is 5.71. The number of nitrogens with one attached hydrogen (secondary N) is 2. The average molecular weight is 589 g/mol. The maximum absolute atomic E-state index is 12.3. The van der Waals surface area contributed by atoms with Gasteiger partial charge in [0.05, 0.1) is 49.3 Å². The summed E-state index contributed by atoms with van der Waals surface area (Å²) in [5.74, 6) is 0.552. The van der Waals surface area contributed by atoms with E-state index in [0.29, 0.717) is 23.4 Å². The van der Waals surface area contributed by atoms with Crippen LogP contribution in [-0.4, -0.2) is 74.2 Å². The zero-order valence-electron chi connectivity index (χ0n) is 25.5. The van der Waals surface area contributed by atoms with E-state index in [0.717, 1.165) is 61.8 Å². The molecule has 0 bridgehead atoms. The maximum Gasteiger partial charge on any atom is 0.269 e. The number of nitrogens with two attached hydrogens (primary N) is 3. The van der Waals surface area contributed by atoms with Gasteiger partial charge in [-0.05, 0) is 24.6 Å². The highest BCUT2D eigenvalue weighted by Crippen LogP contribution is 2.36. The third kappa shape index (κ3) is 7.88. The van der Waals surface area contributed by atoms with E-state index < -0.39 is 5.91 Å². The van der Waals surface area contributed by atoms with Crippen molar-refractivity contribution >= 4 is 17.2 Å². The molecule has 1 aromatic carbocycles. The van der Waals surface area contributed by atoms with Crippen LogP contribution in [0.4, 0.5) is 5.69 Å². The molecule has 2 aliphatic rings. The Hall–Kier alpha value is -4.48. The molecule has 8 N–H and O–H groups in total. The van der Waals surface area contributed by atoms with Gasteiger partial charge in [-0.15, -0.1) is 0 Å². The van der Waals surface area contributed by atoms with Crippen molar-refractivity contribution < 1.29 is 14.3 Å². The van der Waals surface area contributed by atoms with E-state index >= 15 is 0 Å². The fraction of sp³-hybridized carbons (Fsp3) is 0.375. The van der Waals surface area contributed by atoms with Crippen LogP contribution in [0.25, 0.3) is 5.57 Å². The lowest BCUT2D eigenvalue weighted by Crippen LogP contribution is -2.56. The first-order valence-electron chi connectivity index (χ1n) is 14.5. The van der Waals surface area contributed by atoms with Gasteiger partial charge in [-0.2, -0.15) is 0 Å². The third-order valence-electron chi connectivity index (χ3n) is 7.53. The number of ether oxygens (including phenoxy) is 2. The third-order valence-corrected chi connectivity index (χ3v) is 7.53. The normalized spacial score (nSPS) is 16.6. The van der Waals surface area contributed by atoms with E-state index in [-0.39, 0.29) is 17.2 Å². The molecule has 11 nitrogen and oxygen atoms in total. The summed E-state index contributed by atoms with van der Waals surface area (Å²) in [7, 11) is 5.21. The number of carbonyl (C=O) groups excluding carboxylic acids is 1. The van der Waals surface area contributed by atoms with E-state index in [2.05, 4.69) is 71.0 Å². The first-order valence-corrected chi connectivity index (χ1v) is 14.5. The molecule has 0 aliphatic carbocycles. The van der Waals surface area contributed by atoms with Crippen molar-refractivity contribution in [3.63, 3.8) is 0 Å². The maximum atomic E-state index is 12.3. The van der Waals surface area contributed by atoms with Crippen molar-refractivity contribution in [1.29, 1.82) is 0 Å². The van der Waals surface area contributed by atoms with E-state index in [1.165, 1.54) is 13.1 Å². The first-order chi connectivity index (χ1) is 20.7. The molecule has 0 spiro atoms. The number of carbonyl (C=O) groups is 1. The predicted octanol–water partition coefficient (Wildman–Crippen LogP) is 2.41. The number of hydrogen-bond donors (Lipinski definition) is 5. The van der Waals surface area contributed by atoms with Gasteiger partial charge in [0.2, 0.25) is 0 Å². The van der Waals surface area contributed by atoms with Gasteiger partial charge in [0, 0.05) is 68.8 Å². The van der Waals surface area contributed by atoms with Gasteiger partial charge in [0.1, 0.15) is 11.4 Å². The number of allylic oxidation sites excluding steroid dienone is 4. The Bertz CT molecular complexity index is 1400. The molecule has 2 saturated heterocycles. The summed E-state index contributed by atoms with van der Waals surface area (Å²) in [6.45, 7) is 6.33. The lowest BCUT2D eigenvalue weighted by molar-refractivity contribution is -0.117. The van der Waals surface area contributed by atoms with Gasteiger partial charge in [-0.3, -0.25) is 14.7 Å². The summed E-state index contributed by atoms with van der Waals surface area (Å²) in [6.07, 6.45) is 8.66. The van der Waals surface area contributed by atoms with Gasteiger partial charge in [0.15, 0.2) is 0 Å². The molecule has 11 heteroatoms. The first kappa shape index (κ1) is 31.5. The zero-order valence-corrected chi connectivity index (χ0v) is 25.5. The largest absolute Gasteiger partial charge is 0.494 e. The van der Waals surface area contributed by atoms with Crippen molar-refractivity contribution in [2.75, 3.05) is 52.8 Å². The second-order valence-electron chi connectivity index (χ2n) is 10.8. The zero-order chi connectivity index (χ0) is 30.9. The fourth-order valence-electron chi connectivity index (χ4n) is 4.98. The van der Waals surface area contributed by atoms with E-state index in [1.807, 2.05) is 18.2 Å². The SMILES string of the molecule is CC/C=C\C(=C/N(C)C1CN(Cc2cccc(C3COC3)n2)C1)c1cccc(N/C(C=C(N)N)=C(/N)C(=O)NC)c1OC. The number of likely N-dealkylation sites (N-methyl/N-ethyl adjacent to an activating group) is 2. The van der Waals surface area contributed by atoms with E-state index in [4.69, 9.17) is 31.7 Å². The predicted molar refractivity (Wildman–Crippen MR) is 170 cm³/mol. The van der Waals surface area contributed by atoms with Crippen molar-refractivity contribution in [1.82, 2.24) is 20.1 Å². The molecule has 2 aliphatic heterocycles. The van der Waals surface area contributed by atoms with Crippen LogP contribution in [0.3, 0.4) is 0 Å². The quantitative estimate of drug-likeness (QED) is 0.174. The number of methoxy groups -OCH3 is 1. The van der Waals surface area contributed by atoms with Crippen LogP contribution in [0, 0.1) is 0 Å². The minimum Gasteiger partial charge on any atom is -0.494 e. The van der Waals surface area contributed by atoms with Crippen LogP contribution in [0.5, 0.6) is 5.75 Å². The molecule has 230 valence electrons. The smallest absolute Gasteiger partial charge is 0.269 e. The molecule has 0 radical (unpaired) electrons. The fourth-order valence-corrected chi connectivity index (χ4v) is 4.98. The van der Waals surface area contributed by atoms with Crippen LogP contribution in [0.2, 0.25) is 0 Å². The van der Waals surface area contributed by atoms with Gasteiger partial charge in [-0.1, -0.05) is 37.3 Å². The average Bonchev–Trinajstić information content (AvgIpc) is 2.94. The lowest BCUT2D eigenvalue weighted by Gasteiger charge is -2.44. The van der Waals surface area contributed by atoms with Crippen molar-refractivity contribution in [3.8, 4) is 5.75 Å². The molecule has 4 rings (SSSR count). The molecule has 0 atom stereocenters. The number of anilines is 1. The van der Waals surface area contributed by atoms with E-state index in [9.17, 15) is 4.79 Å². The minimum atomic E-state index is -0.464. The second kappa shape index (κ2) is 14.6. The van der Waals surface area contributed by atoms with Crippen molar-refractivity contribution in [2.24, 2.45) is 17.2 Å². The summed E-state index contributed by atoms with van der Waals surface area (Å²) < 4.78 is 11.2. The molecule has 43 heavy (non-hydrogen) atoms. The number of amides is 1. The highest BCUT2D eigenvalue weighted by atomic mass is 16.5. The number of benzene rings is 1. The summed E-state index contributed by atoms with van der Waals surface area (Å²) in [4.78, 5) is 21.8. The molecular formula is C32H44N8O3. The Balaban J connectivity index is 1.53. The Morgan fingerprint density at radius 2 is 1.93 bits per heavy atom. The molecule has 2 fully saturated rings. The van der Waals surface area contributed by atoms with Crippen molar-refractivity contribution in [3.05, 3.63) is 95.0 Å². The summed E-state index contributed by atoms with van der Waals surface area (Å²) in [6, 6.07) is 12.4. The number of likely N-dealkylation sites (tertiary alicyclic amines) is 1. The van der Waals surface area contributed by atoms with Crippen LogP contribution in [-0.2, 0) is 16.1 Å². The molecule has 2 aromatic rings. The van der Waals surface area contributed by atoms with Crippen LogP contribution in [0.15, 0.2) is 78.0 Å². The van der Waals surface area contributed by atoms with Gasteiger partial charge in [0.25, 0.3) is 5.91 Å². The minimum absolute atomic E-state index is 0.00329. The number of hydrogen-bond acceptors (Lipinski definition) is 10. The highest BCUT2D eigenvalue weighted by molar-refractivity contribution is 5.94. The number of aromatic nitrogens is 1. The standard InChI is InChI=1S/C32H44N8O3/c1-5-6-9-21(15-39(3)24-17-40(18-24)16-23-10-7-12-26(37-23)22-19-43-20-22)25-11-8-13-27(31(25)42-4)38-28(14-29(33)34)30(35)32(41)36-2/h6-15,22,24,38H,5,16-20,33-35H2,1-4H3,(H,36,41)/b9-6-,21-15+,30-28+. The number of para-hydroxylation sites is 1. The monoisotopic (exact) mass is 588 g/mol. The molecule has 1 aromatic heterocycles. The molecule has 3 heterocycles. The molecular weight excluding hydrogens is 544 g/mol. The van der Waals surface area contributed by atoms with Gasteiger partial charge < -0.3 is 42.2 Å². The molecule has 0 saturated carbocycles. The Morgan fingerprint density at radius 3 is 2.56 bits per heavy atom. The molecule has 0 unspecified atom stereocenters. The summed E-state index contributed by atoms with van der Waals surface area (Å²) in [5.41, 5.74) is 22.4. The second-order valence-corrected chi connectivity index (χ2v) is 10.8. The number of nitrogens with zero attached hydrogens (tertiary/aromatic N) is 3. The van der Waals surface area contributed by atoms with Crippen LogP contribution >= 0.6 is 0 Å². The topological polar surface area (TPSA) is 157 Å². The molecule has 1 amide bonds. The lowest BCUT2D eigenvalue weighted by atomic mass is 10.0. The van der Waals surface area contributed by atoms with Crippen molar-refractivity contribution in [2.45, 2.75) is 31.8 Å².